The highest BCUT2D eigenvalue weighted by Crippen LogP contribution is 2.29. The topological polar surface area (TPSA) is 58.9 Å². The van der Waals surface area contributed by atoms with Gasteiger partial charge in [0.15, 0.2) is 0 Å². The molecule has 2 N–H and O–H groups in total. The first-order valence-electron chi connectivity index (χ1n) is 11.0. The number of aliphatic hydroxyl groups excluding tert-OH is 2. The summed E-state index contributed by atoms with van der Waals surface area (Å²) in [5.74, 6) is 1.49. The number of benzene rings is 4. The fourth-order valence-electron chi connectivity index (χ4n) is 3.62. The summed E-state index contributed by atoms with van der Waals surface area (Å²) in [6.45, 7) is 2.29. The minimum absolute atomic E-state index is 0.0658. The minimum atomic E-state index is -0.876. The molecule has 1 atom stereocenters. The Bertz CT molecular complexity index is 1150. The molecular weight excluding hydrogens is 412 g/mol. The van der Waals surface area contributed by atoms with Crippen molar-refractivity contribution in [3.63, 3.8) is 0 Å². The van der Waals surface area contributed by atoms with Crippen LogP contribution in [0.15, 0.2) is 97.1 Å². The summed E-state index contributed by atoms with van der Waals surface area (Å²) < 4.78 is 11.5. The third-order valence-electron chi connectivity index (χ3n) is 5.48. The van der Waals surface area contributed by atoms with E-state index in [-0.39, 0.29) is 13.2 Å². The highest BCUT2D eigenvalue weighted by Gasteiger charge is 2.07. The molecule has 0 aliphatic heterocycles. The van der Waals surface area contributed by atoms with Crippen molar-refractivity contribution in [3.05, 3.63) is 108 Å². The first-order valence-corrected chi connectivity index (χ1v) is 11.0. The van der Waals surface area contributed by atoms with Gasteiger partial charge in [0.1, 0.15) is 30.8 Å². The zero-order chi connectivity index (χ0) is 23.0. The Morgan fingerprint density at radius 2 is 1.33 bits per heavy atom. The predicted octanol–water partition coefficient (Wildman–Crippen LogP) is 5.64. The molecule has 4 aromatic rings. The molecule has 0 saturated carbocycles. The number of ether oxygens (including phenoxy) is 2. The van der Waals surface area contributed by atoms with Crippen molar-refractivity contribution < 1.29 is 19.7 Å². The zero-order valence-corrected chi connectivity index (χ0v) is 18.6. The molecule has 0 spiro atoms. The Kier molecular flexibility index (Phi) is 7.40. The van der Waals surface area contributed by atoms with E-state index in [9.17, 15) is 5.11 Å². The third kappa shape index (κ3) is 6.01. The van der Waals surface area contributed by atoms with Crippen LogP contribution < -0.4 is 9.47 Å². The normalized spacial score (nSPS) is 11.7. The van der Waals surface area contributed by atoms with Crippen molar-refractivity contribution in [2.45, 2.75) is 19.6 Å². The van der Waals surface area contributed by atoms with Crippen LogP contribution in [0.2, 0.25) is 0 Å². The van der Waals surface area contributed by atoms with E-state index >= 15 is 0 Å². The molecule has 0 fully saturated rings. The fourth-order valence-corrected chi connectivity index (χ4v) is 3.62. The van der Waals surface area contributed by atoms with Crippen molar-refractivity contribution in [2.75, 3.05) is 13.2 Å². The van der Waals surface area contributed by atoms with Gasteiger partial charge in [0, 0.05) is 0 Å². The lowest BCUT2D eigenvalue weighted by Crippen LogP contribution is -2.21. The van der Waals surface area contributed by atoms with E-state index in [0.29, 0.717) is 12.4 Å². The summed E-state index contributed by atoms with van der Waals surface area (Å²) in [5, 5.41) is 18.3. The maximum Gasteiger partial charge on any atom is 0.119 e. The Morgan fingerprint density at radius 3 is 2.00 bits per heavy atom. The predicted molar refractivity (Wildman–Crippen MR) is 131 cm³/mol. The summed E-state index contributed by atoms with van der Waals surface area (Å²) in [4.78, 5) is 0. The van der Waals surface area contributed by atoms with E-state index in [0.717, 1.165) is 28.0 Å². The van der Waals surface area contributed by atoms with Crippen LogP contribution in [0.25, 0.3) is 22.3 Å². The molecule has 4 heteroatoms. The van der Waals surface area contributed by atoms with Crippen molar-refractivity contribution >= 4 is 0 Å². The van der Waals surface area contributed by atoms with Crippen LogP contribution in [0.3, 0.4) is 0 Å². The Morgan fingerprint density at radius 1 is 0.697 bits per heavy atom. The van der Waals surface area contributed by atoms with Gasteiger partial charge in [0.05, 0.1) is 6.61 Å². The largest absolute Gasteiger partial charge is 0.491 e. The number of hydrogen-bond donors (Lipinski definition) is 2. The van der Waals surface area contributed by atoms with Gasteiger partial charge in [-0.3, -0.25) is 0 Å². The first kappa shape index (κ1) is 22.6. The van der Waals surface area contributed by atoms with Gasteiger partial charge < -0.3 is 19.7 Å². The summed E-state index contributed by atoms with van der Waals surface area (Å²) >= 11 is 0. The molecule has 0 aliphatic carbocycles. The van der Waals surface area contributed by atoms with Gasteiger partial charge >= 0.3 is 0 Å². The average molecular weight is 441 g/mol. The molecule has 0 radical (unpaired) electrons. The van der Waals surface area contributed by atoms with Gasteiger partial charge in [-0.05, 0) is 64.6 Å². The molecular formula is C29H28O4. The Hall–Kier alpha value is -3.60. The molecule has 0 aliphatic rings. The van der Waals surface area contributed by atoms with Crippen LogP contribution in [0.4, 0.5) is 0 Å². The van der Waals surface area contributed by atoms with Gasteiger partial charge in [-0.2, -0.15) is 0 Å². The van der Waals surface area contributed by atoms with E-state index in [2.05, 4.69) is 36.4 Å². The standard InChI is InChI=1S/C29H28O4/c1-21-17-28(33-20-26(31)18-30)15-16-29(21)25-11-13-27(14-12-25)32-19-22-7-9-24(10-8-22)23-5-3-2-4-6-23/h2-17,26,30-31H,18-20H2,1H3. The lowest BCUT2D eigenvalue weighted by molar-refractivity contribution is 0.0536. The molecule has 168 valence electrons. The third-order valence-corrected chi connectivity index (χ3v) is 5.48. The van der Waals surface area contributed by atoms with Gasteiger partial charge in [0.2, 0.25) is 0 Å². The number of hydrogen-bond acceptors (Lipinski definition) is 4. The van der Waals surface area contributed by atoms with Crippen molar-refractivity contribution in [3.8, 4) is 33.8 Å². The fraction of sp³-hybridized carbons (Fsp3) is 0.172. The summed E-state index contributed by atoms with van der Waals surface area (Å²) in [5.41, 5.74) is 6.79. The average Bonchev–Trinajstić information content (AvgIpc) is 2.87. The zero-order valence-electron chi connectivity index (χ0n) is 18.6. The molecule has 0 heterocycles. The van der Waals surface area contributed by atoms with Gasteiger partial charge in [0.25, 0.3) is 0 Å². The van der Waals surface area contributed by atoms with E-state index in [1.165, 1.54) is 11.1 Å². The molecule has 33 heavy (non-hydrogen) atoms. The molecule has 0 bridgehead atoms. The van der Waals surface area contributed by atoms with Gasteiger partial charge in [-0.1, -0.05) is 72.8 Å². The SMILES string of the molecule is Cc1cc(OCC(O)CO)ccc1-c1ccc(OCc2ccc(-c3ccccc3)cc2)cc1. The van der Waals surface area contributed by atoms with E-state index in [1.54, 1.807) is 0 Å². The monoisotopic (exact) mass is 440 g/mol. The van der Waals surface area contributed by atoms with E-state index in [1.807, 2.05) is 67.6 Å². The molecule has 4 nitrogen and oxygen atoms in total. The van der Waals surface area contributed by atoms with Crippen molar-refractivity contribution in [1.29, 1.82) is 0 Å². The molecule has 0 aromatic heterocycles. The maximum absolute atomic E-state index is 9.44. The van der Waals surface area contributed by atoms with Crippen molar-refractivity contribution in [1.82, 2.24) is 0 Å². The van der Waals surface area contributed by atoms with Crippen LogP contribution in [-0.2, 0) is 6.61 Å². The van der Waals surface area contributed by atoms with Crippen LogP contribution in [0, 0.1) is 6.92 Å². The van der Waals surface area contributed by atoms with Crippen LogP contribution in [0.1, 0.15) is 11.1 Å². The van der Waals surface area contributed by atoms with Crippen LogP contribution in [0.5, 0.6) is 11.5 Å². The maximum atomic E-state index is 9.44. The van der Waals surface area contributed by atoms with E-state index < -0.39 is 6.10 Å². The molecule has 0 saturated heterocycles. The lowest BCUT2D eigenvalue weighted by atomic mass is 10.0. The number of rotatable bonds is 9. The quantitative estimate of drug-likeness (QED) is 0.354. The summed E-state index contributed by atoms with van der Waals surface area (Å²) in [7, 11) is 0. The highest BCUT2D eigenvalue weighted by atomic mass is 16.5. The Labute approximate surface area is 194 Å². The Balaban J connectivity index is 1.35. The molecule has 1 unspecified atom stereocenters. The summed E-state index contributed by atoms with van der Waals surface area (Å²) in [6, 6.07) is 32.6. The highest BCUT2D eigenvalue weighted by molar-refractivity contribution is 5.68. The summed E-state index contributed by atoms with van der Waals surface area (Å²) in [6.07, 6.45) is -0.876. The molecule has 4 aromatic carbocycles. The van der Waals surface area contributed by atoms with Crippen LogP contribution in [-0.4, -0.2) is 29.5 Å². The first-order chi connectivity index (χ1) is 16.1. The second-order valence-corrected chi connectivity index (χ2v) is 8.00. The minimum Gasteiger partial charge on any atom is -0.491 e. The second kappa shape index (κ2) is 10.8. The molecule has 0 amide bonds. The van der Waals surface area contributed by atoms with Gasteiger partial charge in [-0.25, -0.2) is 0 Å². The molecule has 4 rings (SSSR count). The number of aryl methyl sites for hydroxylation is 1. The lowest BCUT2D eigenvalue weighted by Gasteiger charge is -2.13. The number of aliphatic hydroxyl groups is 2. The van der Waals surface area contributed by atoms with Crippen molar-refractivity contribution in [2.24, 2.45) is 0 Å². The smallest absolute Gasteiger partial charge is 0.119 e. The van der Waals surface area contributed by atoms with Gasteiger partial charge in [-0.15, -0.1) is 0 Å². The van der Waals surface area contributed by atoms with Crippen LogP contribution >= 0.6 is 0 Å². The van der Waals surface area contributed by atoms with E-state index in [4.69, 9.17) is 14.6 Å². The second-order valence-electron chi connectivity index (χ2n) is 8.00.